The van der Waals surface area contributed by atoms with Crippen molar-refractivity contribution in [1.82, 2.24) is 34.9 Å². The minimum atomic E-state index is -4.71. The van der Waals surface area contributed by atoms with Gasteiger partial charge in [0.1, 0.15) is 5.75 Å². The lowest BCUT2D eigenvalue weighted by Gasteiger charge is -2.54. The molecule has 4 aromatic rings. The summed E-state index contributed by atoms with van der Waals surface area (Å²) < 4.78 is 47.6. The fourth-order valence-corrected chi connectivity index (χ4v) is 8.20. The van der Waals surface area contributed by atoms with Crippen LogP contribution in [0.25, 0.3) is 5.69 Å². The van der Waals surface area contributed by atoms with Crippen molar-refractivity contribution < 1.29 is 22.7 Å². The molecule has 7 rings (SSSR count). The smallest absolute Gasteiger partial charge is 0.453 e. The first-order valence-electron chi connectivity index (χ1n) is 17.2. The van der Waals surface area contributed by atoms with E-state index in [1.807, 2.05) is 12.1 Å². The number of methoxy groups -OCH3 is 1. The van der Waals surface area contributed by atoms with Crippen molar-refractivity contribution in [2.24, 2.45) is 5.92 Å². The van der Waals surface area contributed by atoms with E-state index in [1.165, 1.54) is 23.6 Å². The number of ether oxygens (including phenoxy) is 1. The first kappa shape index (κ1) is 33.2. The minimum absolute atomic E-state index is 0.0668. The summed E-state index contributed by atoms with van der Waals surface area (Å²) >= 11 is 0. The Balaban J connectivity index is 1.23. The van der Waals surface area contributed by atoms with Crippen LogP contribution in [0.15, 0.2) is 78.9 Å². The molecule has 3 heterocycles. The number of aromatic nitrogens is 4. The van der Waals surface area contributed by atoms with Crippen molar-refractivity contribution in [3.05, 3.63) is 101 Å². The summed E-state index contributed by atoms with van der Waals surface area (Å²) in [7, 11) is 1.56. The second kappa shape index (κ2) is 14.3. The lowest BCUT2D eigenvalue weighted by atomic mass is 9.81. The zero-order valence-electron chi connectivity index (χ0n) is 27.7. The molecule has 1 saturated carbocycles. The van der Waals surface area contributed by atoms with Crippen LogP contribution < -0.4 is 4.74 Å². The van der Waals surface area contributed by atoms with Crippen LogP contribution in [0.4, 0.5) is 13.2 Å². The Labute approximate surface area is 284 Å². The molecule has 1 aromatic heterocycles. The Morgan fingerprint density at radius 3 is 2.24 bits per heavy atom. The van der Waals surface area contributed by atoms with Crippen molar-refractivity contribution in [3.8, 4) is 11.4 Å². The lowest BCUT2D eigenvalue weighted by molar-refractivity contribution is -0.146. The van der Waals surface area contributed by atoms with Crippen LogP contribution in [0.3, 0.4) is 0 Å². The van der Waals surface area contributed by atoms with Gasteiger partial charge < -0.3 is 9.64 Å². The summed E-state index contributed by atoms with van der Waals surface area (Å²) in [5.41, 5.74) is 3.38. The number of carbonyl (C=O) groups is 1. The number of carbonyl (C=O) groups excluding carboxylic acids is 1. The van der Waals surface area contributed by atoms with Crippen LogP contribution >= 0.6 is 0 Å². The normalized spacial score (nSPS) is 21.1. The summed E-state index contributed by atoms with van der Waals surface area (Å²) in [4.78, 5) is 20.8. The van der Waals surface area contributed by atoms with Gasteiger partial charge in [0.05, 0.1) is 12.8 Å². The van der Waals surface area contributed by atoms with Gasteiger partial charge in [-0.15, -0.1) is 5.10 Å². The van der Waals surface area contributed by atoms with E-state index in [2.05, 4.69) is 78.8 Å². The molecule has 2 atom stereocenters. The SMILES string of the molecule is COc1ccc(-n2nnnc2C(F)(F)F)cc1CN1C[C@@H]2CN(C(=O)C3CCCCC3)CCN2[C@H](C(c2ccccc2)c2ccccc2)C1. The Kier molecular flexibility index (Phi) is 9.68. The Morgan fingerprint density at radius 1 is 0.898 bits per heavy atom. The molecule has 3 fully saturated rings. The lowest BCUT2D eigenvalue weighted by Crippen LogP contribution is -2.67. The van der Waals surface area contributed by atoms with Crippen LogP contribution in [0.1, 0.15) is 60.5 Å². The number of rotatable bonds is 8. The van der Waals surface area contributed by atoms with Gasteiger partial charge in [0.25, 0.3) is 5.82 Å². The molecule has 3 aliphatic rings. The number of fused-ring (bicyclic) bond motifs is 1. The third-order valence-corrected chi connectivity index (χ3v) is 10.5. The highest BCUT2D eigenvalue weighted by Crippen LogP contribution is 2.38. The number of amides is 1. The second-order valence-electron chi connectivity index (χ2n) is 13.5. The Hall–Kier alpha value is -4.29. The Morgan fingerprint density at radius 2 is 1.59 bits per heavy atom. The maximum atomic E-state index is 13.8. The average Bonchev–Trinajstić information content (AvgIpc) is 3.64. The van der Waals surface area contributed by atoms with E-state index in [0.29, 0.717) is 38.5 Å². The fraction of sp³-hybridized carbons (Fsp3) is 0.459. The third kappa shape index (κ3) is 7.07. The number of alkyl halides is 3. The molecular formula is C37H42F3N7O2. The first-order valence-corrected chi connectivity index (χ1v) is 17.2. The van der Waals surface area contributed by atoms with E-state index >= 15 is 0 Å². The van der Waals surface area contributed by atoms with E-state index in [0.717, 1.165) is 42.5 Å². The number of hydrogen-bond acceptors (Lipinski definition) is 7. The second-order valence-corrected chi connectivity index (χ2v) is 13.5. The van der Waals surface area contributed by atoms with E-state index in [-0.39, 0.29) is 35.5 Å². The molecule has 0 bridgehead atoms. The van der Waals surface area contributed by atoms with Gasteiger partial charge >= 0.3 is 6.18 Å². The number of benzene rings is 3. The molecule has 2 aliphatic heterocycles. The molecule has 0 radical (unpaired) electrons. The van der Waals surface area contributed by atoms with Crippen molar-refractivity contribution in [2.45, 2.75) is 62.8 Å². The Bertz CT molecular complexity index is 1670. The minimum Gasteiger partial charge on any atom is -0.496 e. The number of halogens is 3. The van der Waals surface area contributed by atoms with Crippen molar-refractivity contribution >= 4 is 5.91 Å². The van der Waals surface area contributed by atoms with Gasteiger partial charge in [0.15, 0.2) is 0 Å². The van der Waals surface area contributed by atoms with Crippen LogP contribution in [-0.2, 0) is 17.5 Å². The number of tetrazole rings is 1. The first-order chi connectivity index (χ1) is 23.8. The summed E-state index contributed by atoms with van der Waals surface area (Å²) in [6.45, 7) is 4.00. The fourth-order valence-electron chi connectivity index (χ4n) is 8.20. The molecule has 1 amide bonds. The summed E-state index contributed by atoms with van der Waals surface area (Å²) in [6.07, 6.45) is 0.654. The molecule has 258 valence electrons. The number of piperazine rings is 2. The van der Waals surface area contributed by atoms with Gasteiger partial charge in [-0.3, -0.25) is 14.6 Å². The van der Waals surface area contributed by atoms with E-state index < -0.39 is 12.0 Å². The van der Waals surface area contributed by atoms with Gasteiger partial charge in [-0.1, -0.05) is 79.9 Å². The van der Waals surface area contributed by atoms with Crippen molar-refractivity contribution in [3.63, 3.8) is 0 Å². The standard InChI is InChI=1S/C37H42F3N7O2/c1-49-33-18-17-30(47-36(37(38,39)40)41-42-43-47)21-29(33)22-44-23-31-24-45(35(48)28-15-9-4-10-16-28)19-20-46(31)32(25-44)34(26-11-5-2-6-12-26)27-13-7-3-8-14-27/h2-3,5-8,11-14,17-18,21,28,31-32,34H,4,9-10,15-16,19-20,22-25H2,1H3/t31-,32+/m1/s1. The summed E-state index contributed by atoms with van der Waals surface area (Å²) in [5.74, 6) is -0.151. The zero-order valence-corrected chi connectivity index (χ0v) is 27.7. The van der Waals surface area contributed by atoms with E-state index in [4.69, 9.17) is 4.74 Å². The van der Waals surface area contributed by atoms with Crippen molar-refractivity contribution in [2.75, 3.05) is 39.8 Å². The molecule has 0 unspecified atom stereocenters. The predicted octanol–water partition coefficient (Wildman–Crippen LogP) is 5.80. The third-order valence-electron chi connectivity index (χ3n) is 10.5. The van der Waals surface area contributed by atoms with Crippen LogP contribution in [0.2, 0.25) is 0 Å². The van der Waals surface area contributed by atoms with Crippen LogP contribution in [0, 0.1) is 5.92 Å². The summed E-state index contributed by atoms with van der Waals surface area (Å²) in [6, 6.07) is 26.2. The molecule has 12 heteroatoms. The number of nitrogens with zero attached hydrogens (tertiary/aromatic N) is 7. The topological polar surface area (TPSA) is 79.6 Å². The highest BCUT2D eigenvalue weighted by molar-refractivity contribution is 5.79. The van der Waals surface area contributed by atoms with Gasteiger partial charge in [0.2, 0.25) is 5.91 Å². The predicted molar refractivity (Wildman–Crippen MR) is 178 cm³/mol. The van der Waals surface area contributed by atoms with Crippen LogP contribution in [0.5, 0.6) is 5.75 Å². The molecule has 2 saturated heterocycles. The van der Waals surface area contributed by atoms with Gasteiger partial charge in [-0.25, -0.2) is 0 Å². The van der Waals surface area contributed by atoms with Crippen molar-refractivity contribution in [1.29, 1.82) is 0 Å². The molecular weight excluding hydrogens is 631 g/mol. The molecule has 3 aromatic carbocycles. The molecule has 9 nitrogen and oxygen atoms in total. The van der Waals surface area contributed by atoms with E-state index in [1.54, 1.807) is 19.2 Å². The summed E-state index contributed by atoms with van der Waals surface area (Å²) in [5, 5.41) is 10.2. The maximum absolute atomic E-state index is 13.8. The monoisotopic (exact) mass is 673 g/mol. The molecule has 1 aliphatic carbocycles. The maximum Gasteiger partial charge on any atom is 0.453 e. The van der Waals surface area contributed by atoms with E-state index in [9.17, 15) is 18.0 Å². The van der Waals surface area contributed by atoms with Gasteiger partial charge in [-0.05, 0) is 52.6 Å². The van der Waals surface area contributed by atoms with Crippen LogP contribution in [-0.4, -0.2) is 92.7 Å². The largest absolute Gasteiger partial charge is 0.496 e. The zero-order chi connectivity index (χ0) is 34.0. The molecule has 0 spiro atoms. The highest BCUT2D eigenvalue weighted by Gasteiger charge is 2.44. The van der Waals surface area contributed by atoms with Gasteiger partial charge in [-0.2, -0.15) is 17.9 Å². The molecule has 49 heavy (non-hydrogen) atoms. The quantitative estimate of drug-likeness (QED) is 0.234. The van der Waals surface area contributed by atoms with Gasteiger partial charge in [0, 0.05) is 68.8 Å². The highest BCUT2D eigenvalue weighted by atomic mass is 19.4. The average molecular weight is 674 g/mol. The number of hydrogen-bond donors (Lipinski definition) is 0. The molecule has 0 N–H and O–H groups in total.